The second-order valence-corrected chi connectivity index (χ2v) is 15.3. The largest absolute Gasteiger partial charge is 0.456 e. The fourth-order valence-electron chi connectivity index (χ4n) is 7.84. The van der Waals surface area contributed by atoms with Gasteiger partial charge < -0.3 is 4.42 Å². The van der Waals surface area contributed by atoms with Gasteiger partial charge >= 0.3 is 0 Å². The van der Waals surface area contributed by atoms with Crippen molar-refractivity contribution < 1.29 is 4.42 Å². The molecule has 0 N–H and O–H groups in total. The quantitative estimate of drug-likeness (QED) is 0.171. The van der Waals surface area contributed by atoms with Crippen LogP contribution in [0, 0.1) is 0 Å². The molecular formula is C52H32N2OS. The first-order valence-corrected chi connectivity index (χ1v) is 19.6. The van der Waals surface area contributed by atoms with Crippen molar-refractivity contribution in [1.82, 2.24) is 9.97 Å². The molecule has 3 aromatic heterocycles. The Bertz CT molecular complexity index is 3240. The number of fused-ring (bicyclic) bond motifs is 6. The van der Waals surface area contributed by atoms with Crippen LogP contribution in [-0.2, 0) is 0 Å². The summed E-state index contributed by atoms with van der Waals surface area (Å²) in [6.45, 7) is 0. The number of rotatable bonds is 6. The molecule has 3 heterocycles. The van der Waals surface area contributed by atoms with Crippen LogP contribution in [-0.4, -0.2) is 9.97 Å². The van der Waals surface area contributed by atoms with Crippen LogP contribution in [0.3, 0.4) is 0 Å². The van der Waals surface area contributed by atoms with Gasteiger partial charge in [0.05, 0.1) is 11.4 Å². The van der Waals surface area contributed by atoms with E-state index in [2.05, 4.69) is 164 Å². The van der Waals surface area contributed by atoms with Crippen molar-refractivity contribution in [2.24, 2.45) is 0 Å². The van der Waals surface area contributed by atoms with Crippen LogP contribution in [0.25, 0.3) is 109 Å². The molecule has 0 amide bonds. The molecule has 0 aliphatic carbocycles. The monoisotopic (exact) mass is 732 g/mol. The summed E-state index contributed by atoms with van der Waals surface area (Å²) < 4.78 is 8.78. The van der Waals surface area contributed by atoms with Gasteiger partial charge in [0.2, 0.25) is 0 Å². The molecule has 0 saturated carbocycles. The smallest absolute Gasteiger partial charge is 0.160 e. The van der Waals surface area contributed by atoms with Gasteiger partial charge in [-0.2, -0.15) is 0 Å². The van der Waals surface area contributed by atoms with Crippen molar-refractivity contribution in [2.45, 2.75) is 0 Å². The summed E-state index contributed by atoms with van der Waals surface area (Å²) in [4.78, 5) is 10.5. The van der Waals surface area contributed by atoms with Crippen molar-refractivity contribution in [3.05, 3.63) is 194 Å². The SMILES string of the molecule is c1ccc(-c2ccc(-c3cc(-c4ccc5sc6ccccc6c5c4)cc(-c4cc(-c5ccc6oc7ccccc7c6c5)nc(-c5ccccc5)n4)c3)cc2)cc1. The molecule has 0 fully saturated rings. The third-order valence-electron chi connectivity index (χ3n) is 10.7. The molecule has 262 valence electrons. The molecular weight excluding hydrogens is 701 g/mol. The van der Waals surface area contributed by atoms with Gasteiger partial charge in [-0.1, -0.05) is 127 Å². The average molecular weight is 733 g/mol. The molecule has 3 nitrogen and oxygen atoms in total. The molecule has 0 bridgehead atoms. The number of thiophene rings is 1. The van der Waals surface area contributed by atoms with Crippen LogP contribution in [0.4, 0.5) is 0 Å². The molecule has 11 rings (SSSR count). The zero-order chi connectivity index (χ0) is 37.0. The van der Waals surface area contributed by atoms with Crippen molar-refractivity contribution in [3.8, 4) is 67.3 Å². The summed E-state index contributed by atoms with van der Waals surface area (Å²) in [5.41, 5.74) is 13.4. The molecule has 0 unspecified atom stereocenters. The van der Waals surface area contributed by atoms with Crippen LogP contribution in [0.2, 0.25) is 0 Å². The van der Waals surface area contributed by atoms with E-state index in [0.29, 0.717) is 5.82 Å². The Morgan fingerprint density at radius 2 is 0.821 bits per heavy atom. The predicted molar refractivity (Wildman–Crippen MR) is 235 cm³/mol. The molecule has 0 spiro atoms. The third kappa shape index (κ3) is 5.76. The lowest BCUT2D eigenvalue weighted by molar-refractivity contribution is 0.669. The van der Waals surface area contributed by atoms with Gasteiger partial charge in [-0.15, -0.1) is 11.3 Å². The lowest BCUT2D eigenvalue weighted by Gasteiger charge is -2.14. The molecule has 56 heavy (non-hydrogen) atoms. The molecule has 0 aliphatic rings. The number of hydrogen-bond acceptors (Lipinski definition) is 4. The number of para-hydroxylation sites is 1. The van der Waals surface area contributed by atoms with Crippen molar-refractivity contribution >= 4 is 53.4 Å². The zero-order valence-corrected chi connectivity index (χ0v) is 31.0. The molecule has 0 atom stereocenters. The number of nitrogens with zero attached hydrogens (tertiary/aromatic N) is 2. The first kappa shape index (κ1) is 32.3. The van der Waals surface area contributed by atoms with E-state index >= 15 is 0 Å². The number of furan rings is 1. The average Bonchev–Trinajstić information content (AvgIpc) is 3.84. The third-order valence-corrected chi connectivity index (χ3v) is 11.8. The van der Waals surface area contributed by atoms with Gasteiger partial charge in [0.1, 0.15) is 11.2 Å². The first-order chi connectivity index (χ1) is 27.7. The minimum absolute atomic E-state index is 0.681. The standard InChI is InChI=1S/C52H32N2OS/c1-3-11-33(12-4-1)34-19-21-35(22-20-34)39-27-40(37-24-26-51-45(30-37)43-16-8-10-18-50(43)56-51)29-41(28-39)47-32-46(53-52(54-47)36-13-5-2-6-14-36)38-23-25-49-44(31-38)42-15-7-9-17-48(42)55-49/h1-32H. The highest BCUT2D eigenvalue weighted by Crippen LogP contribution is 2.40. The van der Waals surface area contributed by atoms with Gasteiger partial charge in [-0.25, -0.2) is 9.97 Å². The second-order valence-electron chi connectivity index (χ2n) is 14.2. The van der Waals surface area contributed by atoms with E-state index in [0.717, 1.165) is 66.7 Å². The summed E-state index contributed by atoms with van der Waals surface area (Å²) in [5.74, 6) is 0.681. The number of hydrogen-bond donors (Lipinski definition) is 0. The van der Waals surface area contributed by atoms with E-state index in [9.17, 15) is 0 Å². The van der Waals surface area contributed by atoms with Gasteiger partial charge in [-0.3, -0.25) is 0 Å². The maximum absolute atomic E-state index is 6.19. The topological polar surface area (TPSA) is 38.9 Å². The van der Waals surface area contributed by atoms with Crippen molar-refractivity contribution in [2.75, 3.05) is 0 Å². The lowest BCUT2D eigenvalue weighted by atomic mass is 9.93. The lowest BCUT2D eigenvalue weighted by Crippen LogP contribution is -1.96. The Morgan fingerprint density at radius 1 is 0.304 bits per heavy atom. The molecule has 11 aromatic rings. The van der Waals surface area contributed by atoms with E-state index in [1.54, 1.807) is 0 Å². The minimum Gasteiger partial charge on any atom is -0.456 e. The number of aromatic nitrogens is 2. The fraction of sp³-hybridized carbons (Fsp3) is 0. The Morgan fingerprint density at radius 3 is 1.61 bits per heavy atom. The number of benzene rings is 8. The Hall–Kier alpha value is -7.14. The molecule has 0 saturated heterocycles. The van der Waals surface area contributed by atoms with E-state index in [4.69, 9.17) is 14.4 Å². The Kier molecular flexibility index (Phi) is 7.68. The summed E-state index contributed by atoms with van der Waals surface area (Å²) in [6, 6.07) is 68.8. The van der Waals surface area contributed by atoms with Gasteiger partial charge in [0.25, 0.3) is 0 Å². The molecule has 0 aliphatic heterocycles. The van der Waals surface area contributed by atoms with Crippen molar-refractivity contribution in [3.63, 3.8) is 0 Å². The summed E-state index contributed by atoms with van der Waals surface area (Å²) in [7, 11) is 0. The van der Waals surface area contributed by atoms with E-state index in [-0.39, 0.29) is 0 Å². The highest BCUT2D eigenvalue weighted by molar-refractivity contribution is 7.25. The maximum atomic E-state index is 6.19. The van der Waals surface area contributed by atoms with E-state index < -0.39 is 0 Å². The van der Waals surface area contributed by atoms with Crippen LogP contribution in [0.5, 0.6) is 0 Å². The van der Waals surface area contributed by atoms with Crippen LogP contribution < -0.4 is 0 Å². The Labute approximate surface area is 327 Å². The maximum Gasteiger partial charge on any atom is 0.160 e. The van der Waals surface area contributed by atoms with Crippen LogP contribution in [0.1, 0.15) is 0 Å². The van der Waals surface area contributed by atoms with Gasteiger partial charge in [0.15, 0.2) is 5.82 Å². The summed E-state index contributed by atoms with van der Waals surface area (Å²) >= 11 is 1.84. The first-order valence-electron chi connectivity index (χ1n) is 18.8. The Balaban J connectivity index is 1.11. The highest BCUT2D eigenvalue weighted by Gasteiger charge is 2.16. The predicted octanol–water partition coefficient (Wildman–Crippen LogP) is 14.7. The van der Waals surface area contributed by atoms with E-state index in [1.165, 1.54) is 36.9 Å². The molecule has 8 aromatic carbocycles. The van der Waals surface area contributed by atoms with Crippen LogP contribution in [0.15, 0.2) is 199 Å². The normalized spacial score (nSPS) is 11.6. The van der Waals surface area contributed by atoms with E-state index in [1.807, 2.05) is 41.7 Å². The van der Waals surface area contributed by atoms with Crippen LogP contribution >= 0.6 is 11.3 Å². The van der Waals surface area contributed by atoms with Gasteiger partial charge in [-0.05, 0) is 100 Å². The minimum atomic E-state index is 0.681. The van der Waals surface area contributed by atoms with Gasteiger partial charge in [0, 0.05) is 47.6 Å². The van der Waals surface area contributed by atoms with Crippen molar-refractivity contribution in [1.29, 1.82) is 0 Å². The highest BCUT2D eigenvalue weighted by atomic mass is 32.1. The zero-order valence-electron chi connectivity index (χ0n) is 30.2. The molecule has 4 heteroatoms. The summed E-state index contributed by atoms with van der Waals surface area (Å²) in [6.07, 6.45) is 0. The fourth-order valence-corrected chi connectivity index (χ4v) is 8.93. The summed E-state index contributed by atoms with van der Waals surface area (Å²) in [5, 5.41) is 4.73. The molecule has 0 radical (unpaired) electrons. The second kappa shape index (κ2) is 13.3.